The van der Waals surface area contributed by atoms with Gasteiger partial charge in [0, 0.05) is 5.69 Å². The minimum Gasteiger partial charge on any atom is -0.392 e. The van der Waals surface area contributed by atoms with Gasteiger partial charge in [0.05, 0.1) is 11.5 Å². The van der Waals surface area contributed by atoms with Gasteiger partial charge in [-0.1, -0.05) is 24.4 Å². The first-order valence-corrected chi connectivity index (χ1v) is 6.97. The van der Waals surface area contributed by atoms with E-state index in [0.717, 1.165) is 30.5 Å². The quantitative estimate of drug-likeness (QED) is 0.571. The Hall–Kier alpha value is -1.95. The molecule has 0 unspecified atom stereocenters. The number of nitrogens with one attached hydrogen (secondary N) is 2. The van der Waals surface area contributed by atoms with Crippen LogP contribution in [0.2, 0.25) is 0 Å². The van der Waals surface area contributed by atoms with E-state index in [1.54, 1.807) is 0 Å². The zero-order valence-electron chi connectivity index (χ0n) is 11.1. The average Bonchev–Trinajstić information content (AvgIpc) is 2.45. The summed E-state index contributed by atoms with van der Waals surface area (Å²) in [7, 11) is 0. The summed E-state index contributed by atoms with van der Waals surface area (Å²) in [5.74, 6) is -1.42. The number of rotatable bonds is 3. The molecule has 0 bridgehead atoms. The van der Waals surface area contributed by atoms with Crippen molar-refractivity contribution in [2.45, 2.75) is 25.7 Å². The number of amides is 2. The van der Waals surface area contributed by atoms with Crippen LogP contribution in [0.3, 0.4) is 0 Å². The van der Waals surface area contributed by atoms with Gasteiger partial charge in [0.25, 0.3) is 0 Å². The maximum Gasteiger partial charge on any atom is 0.313 e. The highest BCUT2D eigenvalue weighted by Crippen LogP contribution is 2.27. The minimum absolute atomic E-state index is 0.0223. The average molecular weight is 291 g/mol. The number of hydrogen-bond donors (Lipinski definition) is 3. The summed E-state index contributed by atoms with van der Waals surface area (Å²) in [6.07, 6.45) is 4.22. The summed E-state index contributed by atoms with van der Waals surface area (Å²) in [5.41, 5.74) is 8.37. The molecule has 2 amide bonds. The zero-order chi connectivity index (χ0) is 14.5. The maximum absolute atomic E-state index is 11.8. The van der Waals surface area contributed by atoms with E-state index in [1.807, 2.05) is 12.1 Å². The van der Waals surface area contributed by atoms with Crippen molar-refractivity contribution in [3.63, 3.8) is 0 Å². The number of benzene rings is 1. The molecule has 0 radical (unpaired) electrons. The minimum atomic E-state index is -0.730. The van der Waals surface area contributed by atoms with Gasteiger partial charge in [0.15, 0.2) is 0 Å². The molecule has 0 saturated heterocycles. The molecule has 1 aromatic rings. The lowest BCUT2D eigenvalue weighted by Gasteiger charge is -2.19. The molecule has 0 atom stereocenters. The molecule has 106 valence electrons. The molecule has 1 aliphatic carbocycles. The fraction of sp³-hybridized carbons (Fsp3) is 0.357. The molecule has 4 N–H and O–H groups in total. The van der Waals surface area contributed by atoms with Crippen LogP contribution in [-0.4, -0.2) is 23.3 Å². The highest BCUT2D eigenvalue weighted by Gasteiger charge is 2.18. The molecule has 1 aromatic carbocycles. The van der Waals surface area contributed by atoms with E-state index in [4.69, 9.17) is 5.73 Å². The van der Waals surface area contributed by atoms with Crippen molar-refractivity contribution in [3.05, 3.63) is 29.3 Å². The SMILES string of the molecule is NC(=S)CNC(=O)C(=O)Nc1cccc2c1CCCC2. The fourth-order valence-corrected chi connectivity index (χ4v) is 2.40. The first-order valence-electron chi connectivity index (χ1n) is 6.56. The van der Waals surface area contributed by atoms with Crippen LogP contribution in [0.5, 0.6) is 0 Å². The monoisotopic (exact) mass is 291 g/mol. The number of anilines is 1. The van der Waals surface area contributed by atoms with E-state index < -0.39 is 11.8 Å². The highest BCUT2D eigenvalue weighted by molar-refractivity contribution is 7.80. The molecule has 0 spiro atoms. The second-order valence-corrected chi connectivity index (χ2v) is 5.28. The van der Waals surface area contributed by atoms with Crippen molar-refractivity contribution < 1.29 is 9.59 Å². The van der Waals surface area contributed by atoms with Gasteiger partial charge in [-0.25, -0.2) is 0 Å². The van der Waals surface area contributed by atoms with Gasteiger partial charge in [-0.2, -0.15) is 0 Å². The van der Waals surface area contributed by atoms with Crippen molar-refractivity contribution in [2.75, 3.05) is 11.9 Å². The van der Waals surface area contributed by atoms with Crippen LogP contribution in [0.1, 0.15) is 24.0 Å². The third-order valence-corrected chi connectivity index (χ3v) is 3.42. The molecule has 0 saturated carbocycles. The van der Waals surface area contributed by atoms with E-state index in [0.29, 0.717) is 0 Å². The smallest absolute Gasteiger partial charge is 0.313 e. The molecule has 1 aliphatic rings. The van der Waals surface area contributed by atoms with Gasteiger partial charge >= 0.3 is 11.8 Å². The predicted octanol–water partition coefficient (Wildman–Crippen LogP) is 0.906. The van der Waals surface area contributed by atoms with E-state index in [-0.39, 0.29) is 11.5 Å². The number of carbonyl (C=O) groups is 2. The van der Waals surface area contributed by atoms with Crippen LogP contribution >= 0.6 is 12.2 Å². The number of fused-ring (bicyclic) bond motifs is 1. The van der Waals surface area contributed by atoms with Crippen molar-refractivity contribution in [1.82, 2.24) is 5.32 Å². The fourth-order valence-electron chi connectivity index (χ4n) is 2.33. The lowest BCUT2D eigenvalue weighted by atomic mass is 9.90. The molecule has 6 heteroatoms. The van der Waals surface area contributed by atoms with Gasteiger partial charge in [0.1, 0.15) is 0 Å². The standard InChI is InChI=1S/C14H17N3O2S/c15-12(20)8-16-13(18)14(19)17-11-7-3-5-9-4-1-2-6-10(9)11/h3,5,7H,1-2,4,6,8H2,(H2,15,20)(H,16,18)(H,17,19). The van der Waals surface area contributed by atoms with Crippen molar-refractivity contribution in [1.29, 1.82) is 0 Å². The number of aryl methyl sites for hydroxylation is 1. The molecular formula is C14H17N3O2S. The summed E-state index contributed by atoms with van der Waals surface area (Å²) in [5, 5.41) is 5.02. The molecule has 20 heavy (non-hydrogen) atoms. The number of hydrogen-bond acceptors (Lipinski definition) is 3. The Kier molecular flexibility index (Phi) is 4.68. The lowest BCUT2D eigenvalue weighted by Crippen LogP contribution is -2.39. The van der Waals surface area contributed by atoms with Gasteiger partial charge in [-0.05, 0) is 42.9 Å². The Balaban J connectivity index is 2.04. The topological polar surface area (TPSA) is 84.2 Å². The van der Waals surface area contributed by atoms with Gasteiger partial charge in [-0.15, -0.1) is 0 Å². The molecule has 2 rings (SSSR count). The van der Waals surface area contributed by atoms with Crippen molar-refractivity contribution in [2.24, 2.45) is 5.73 Å². The van der Waals surface area contributed by atoms with Crippen LogP contribution in [-0.2, 0) is 22.4 Å². The van der Waals surface area contributed by atoms with Gasteiger partial charge in [-0.3, -0.25) is 9.59 Å². The Labute approximate surface area is 122 Å². The van der Waals surface area contributed by atoms with E-state index in [9.17, 15) is 9.59 Å². The second-order valence-electron chi connectivity index (χ2n) is 4.75. The summed E-state index contributed by atoms with van der Waals surface area (Å²) in [4.78, 5) is 23.5. The van der Waals surface area contributed by atoms with E-state index in [1.165, 1.54) is 12.0 Å². The summed E-state index contributed by atoms with van der Waals surface area (Å²) in [6, 6.07) is 5.78. The largest absolute Gasteiger partial charge is 0.392 e. The highest BCUT2D eigenvalue weighted by atomic mass is 32.1. The van der Waals surface area contributed by atoms with E-state index >= 15 is 0 Å². The van der Waals surface area contributed by atoms with Crippen LogP contribution < -0.4 is 16.4 Å². The molecule has 0 fully saturated rings. The molecular weight excluding hydrogens is 274 g/mol. The molecule has 0 aromatic heterocycles. The van der Waals surface area contributed by atoms with Gasteiger partial charge < -0.3 is 16.4 Å². The molecule has 0 aliphatic heterocycles. The first kappa shape index (κ1) is 14.5. The predicted molar refractivity (Wildman–Crippen MR) is 81.5 cm³/mol. The van der Waals surface area contributed by atoms with Crippen LogP contribution in [0.25, 0.3) is 0 Å². The Morgan fingerprint density at radius 1 is 1.20 bits per heavy atom. The van der Waals surface area contributed by atoms with Crippen molar-refractivity contribution >= 4 is 34.7 Å². The third kappa shape index (κ3) is 3.54. The normalized spacial score (nSPS) is 13.2. The lowest BCUT2D eigenvalue weighted by molar-refractivity contribution is -0.135. The Morgan fingerprint density at radius 3 is 2.70 bits per heavy atom. The summed E-state index contributed by atoms with van der Waals surface area (Å²) >= 11 is 4.64. The van der Waals surface area contributed by atoms with Crippen molar-refractivity contribution in [3.8, 4) is 0 Å². The zero-order valence-corrected chi connectivity index (χ0v) is 11.9. The number of nitrogens with two attached hydrogens (primary N) is 1. The molecule has 5 nitrogen and oxygen atoms in total. The second kappa shape index (κ2) is 6.47. The molecule has 0 heterocycles. The van der Waals surface area contributed by atoms with Gasteiger partial charge in [0.2, 0.25) is 0 Å². The first-order chi connectivity index (χ1) is 9.58. The number of thiocarbonyl (C=S) groups is 1. The number of carbonyl (C=O) groups excluding carboxylic acids is 2. The maximum atomic E-state index is 11.8. The van der Waals surface area contributed by atoms with Crippen LogP contribution in [0, 0.1) is 0 Å². The summed E-state index contributed by atoms with van der Waals surface area (Å²) in [6.45, 7) is 0.0223. The van der Waals surface area contributed by atoms with E-state index in [2.05, 4.69) is 28.9 Å². The van der Waals surface area contributed by atoms with Crippen LogP contribution in [0.15, 0.2) is 18.2 Å². The Morgan fingerprint density at radius 2 is 1.95 bits per heavy atom. The summed E-state index contributed by atoms with van der Waals surface area (Å²) < 4.78 is 0. The Bertz CT molecular complexity index is 557. The van der Waals surface area contributed by atoms with Crippen LogP contribution in [0.4, 0.5) is 5.69 Å². The third-order valence-electron chi connectivity index (χ3n) is 3.27.